The molecule has 11 heteroatoms. The second-order valence-electron chi connectivity index (χ2n) is 3.36. The monoisotopic (exact) mass is 327 g/mol. The van der Waals surface area contributed by atoms with Gasteiger partial charge in [0.2, 0.25) is 15.9 Å². The molecule has 2 N–H and O–H groups in total. The molecule has 1 rings (SSSR count). The molecular weight excluding hydrogens is 318 g/mol. The zero-order chi connectivity index (χ0) is 14.6. The van der Waals surface area contributed by atoms with E-state index in [2.05, 4.69) is 10.0 Å². The Hall–Kier alpha value is -1.23. The molecule has 0 aliphatic carbocycles. The van der Waals surface area contributed by atoms with Crippen LogP contribution in [0.4, 0.5) is 5.69 Å². The van der Waals surface area contributed by atoms with Gasteiger partial charge in [0.1, 0.15) is 4.21 Å². The summed E-state index contributed by atoms with van der Waals surface area (Å²) in [5.74, 6) is -0.283. The number of halogens is 1. The highest BCUT2D eigenvalue weighted by molar-refractivity contribution is 7.91. The van der Waals surface area contributed by atoms with Gasteiger partial charge in [0.25, 0.3) is 5.69 Å². The molecule has 1 amide bonds. The number of amides is 1. The molecule has 0 unspecified atom stereocenters. The van der Waals surface area contributed by atoms with Crippen LogP contribution in [-0.2, 0) is 14.8 Å². The molecule has 0 radical (unpaired) electrons. The Labute approximate surface area is 118 Å². The quantitative estimate of drug-likeness (QED) is 0.453. The lowest BCUT2D eigenvalue weighted by atomic mass is 10.6. The summed E-state index contributed by atoms with van der Waals surface area (Å²) in [4.78, 5) is 20.4. The van der Waals surface area contributed by atoms with E-state index < -0.39 is 20.6 Å². The van der Waals surface area contributed by atoms with Crippen molar-refractivity contribution in [1.82, 2.24) is 10.0 Å². The van der Waals surface area contributed by atoms with Crippen molar-refractivity contribution in [2.24, 2.45) is 0 Å². The fourth-order valence-corrected chi connectivity index (χ4v) is 3.83. The molecule has 8 nitrogen and oxygen atoms in total. The topological polar surface area (TPSA) is 118 Å². The van der Waals surface area contributed by atoms with E-state index in [-0.39, 0.29) is 27.5 Å². The number of nitrogens with zero attached hydrogens (tertiary/aromatic N) is 1. The van der Waals surface area contributed by atoms with Crippen LogP contribution in [0.2, 0.25) is 4.34 Å². The Bertz CT molecular complexity index is 598. The fourth-order valence-electron chi connectivity index (χ4n) is 1.09. The van der Waals surface area contributed by atoms with Crippen LogP contribution < -0.4 is 10.0 Å². The molecular formula is C8H10ClN3O5S2. The summed E-state index contributed by atoms with van der Waals surface area (Å²) in [6.07, 6.45) is 0. The molecule has 0 aromatic carbocycles. The van der Waals surface area contributed by atoms with E-state index in [1.165, 1.54) is 6.92 Å². The van der Waals surface area contributed by atoms with Crippen molar-refractivity contribution >= 4 is 44.6 Å². The van der Waals surface area contributed by atoms with Gasteiger partial charge in [0.05, 0.1) is 4.92 Å². The first-order valence-corrected chi connectivity index (χ1v) is 7.59. The van der Waals surface area contributed by atoms with Crippen LogP contribution in [0.3, 0.4) is 0 Å². The number of rotatable bonds is 6. The summed E-state index contributed by atoms with van der Waals surface area (Å²) in [5, 5.41) is 13.0. The standard InChI is InChI=1S/C8H10ClN3O5S2/c1-5(13)10-2-3-11-19(16,17)7-4-6(12(14)15)8(9)18-7/h4,11H,2-3H2,1H3,(H,10,13). The van der Waals surface area contributed by atoms with Gasteiger partial charge in [0, 0.05) is 26.1 Å². The molecule has 106 valence electrons. The summed E-state index contributed by atoms with van der Waals surface area (Å²) >= 11 is 6.18. The van der Waals surface area contributed by atoms with Gasteiger partial charge < -0.3 is 5.32 Å². The Morgan fingerprint density at radius 1 is 1.53 bits per heavy atom. The number of thiophene rings is 1. The number of carbonyl (C=O) groups is 1. The van der Waals surface area contributed by atoms with Gasteiger partial charge in [-0.2, -0.15) is 0 Å². The lowest BCUT2D eigenvalue weighted by molar-refractivity contribution is -0.384. The molecule has 1 aromatic rings. The smallest absolute Gasteiger partial charge is 0.300 e. The summed E-state index contributed by atoms with van der Waals surface area (Å²) in [6.45, 7) is 1.40. The third-order valence-electron chi connectivity index (χ3n) is 1.90. The van der Waals surface area contributed by atoms with E-state index in [0.717, 1.165) is 6.07 Å². The van der Waals surface area contributed by atoms with Crippen LogP contribution in [0.5, 0.6) is 0 Å². The molecule has 0 aliphatic heterocycles. The van der Waals surface area contributed by atoms with Crippen LogP contribution in [0.25, 0.3) is 0 Å². The predicted molar refractivity (Wildman–Crippen MR) is 69.9 cm³/mol. The minimum atomic E-state index is -3.87. The second kappa shape index (κ2) is 6.28. The maximum Gasteiger partial charge on any atom is 0.300 e. The van der Waals surface area contributed by atoms with Gasteiger partial charge in [-0.15, -0.1) is 11.3 Å². The number of nitrogens with one attached hydrogen (secondary N) is 2. The van der Waals surface area contributed by atoms with Gasteiger partial charge in [0.15, 0.2) is 4.34 Å². The average molecular weight is 328 g/mol. The number of hydrogen-bond donors (Lipinski definition) is 2. The highest BCUT2D eigenvalue weighted by atomic mass is 35.5. The zero-order valence-electron chi connectivity index (χ0n) is 9.67. The molecule has 1 heterocycles. The number of hydrogen-bond acceptors (Lipinski definition) is 6. The maximum atomic E-state index is 11.8. The van der Waals surface area contributed by atoms with Crippen molar-refractivity contribution in [1.29, 1.82) is 0 Å². The Kier molecular flexibility index (Phi) is 5.23. The molecule has 0 bridgehead atoms. The average Bonchev–Trinajstić information content (AvgIpc) is 2.67. The van der Waals surface area contributed by atoms with E-state index >= 15 is 0 Å². The SMILES string of the molecule is CC(=O)NCCNS(=O)(=O)c1cc([N+](=O)[O-])c(Cl)s1. The van der Waals surface area contributed by atoms with E-state index in [0.29, 0.717) is 11.3 Å². The molecule has 0 spiro atoms. The first kappa shape index (κ1) is 15.8. The molecule has 0 fully saturated rings. The summed E-state index contributed by atoms with van der Waals surface area (Å²) in [7, 11) is -3.87. The summed E-state index contributed by atoms with van der Waals surface area (Å²) in [5.41, 5.74) is -0.450. The minimum absolute atomic E-state index is 0.0226. The van der Waals surface area contributed by atoms with E-state index in [4.69, 9.17) is 11.6 Å². The highest BCUT2D eigenvalue weighted by Crippen LogP contribution is 2.35. The van der Waals surface area contributed by atoms with Crippen LogP contribution in [0.15, 0.2) is 10.3 Å². The van der Waals surface area contributed by atoms with Crippen LogP contribution >= 0.6 is 22.9 Å². The molecule has 0 saturated carbocycles. The number of sulfonamides is 1. The first-order valence-electron chi connectivity index (χ1n) is 4.92. The van der Waals surface area contributed by atoms with Crippen molar-refractivity contribution in [2.45, 2.75) is 11.1 Å². The maximum absolute atomic E-state index is 11.8. The first-order chi connectivity index (χ1) is 8.74. The summed E-state index contributed by atoms with van der Waals surface area (Å²) < 4.78 is 25.3. The van der Waals surface area contributed by atoms with E-state index in [9.17, 15) is 23.3 Å². The third kappa shape index (κ3) is 4.42. The Morgan fingerprint density at radius 3 is 2.63 bits per heavy atom. The molecule has 19 heavy (non-hydrogen) atoms. The molecule has 1 aromatic heterocycles. The third-order valence-corrected chi connectivity index (χ3v) is 5.17. The minimum Gasteiger partial charge on any atom is -0.355 e. The van der Waals surface area contributed by atoms with Gasteiger partial charge >= 0.3 is 0 Å². The zero-order valence-corrected chi connectivity index (χ0v) is 12.1. The van der Waals surface area contributed by atoms with Crippen molar-refractivity contribution in [2.75, 3.05) is 13.1 Å². The van der Waals surface area contributed by atoms with E-state index in [1.54, 1.807) is 0 Å². The van der Waals surface area contributed by atoms with Gasteiger partial charge in [-0.1, -0.05) is 11.6 Å². The Balaban J connectivity index is 2.75. The molecule has 0 atom stereocenters. The molecule has 0 aliphatic rings. The predicted octanol–water partition coefficient (Wildman–Crippen LogP) is 0.724. The number of nitro groups is 1. The van der Waals surface area contributed by atoms with Gasteiger partial charge in [-0.3, -0.25) is 14.9 Å². The van der Waals surface area contributed by atoms with Crippen LogP contribution in [0.1, 0.15) is 6.92 Å². The fraction of sp³-hybridized carbons (Fsp3) is 0.375. The van der Waals surface area contributed by atoms with Crippen LogP contribution in [0, 0.1) is 10.1 Å². The highest BCUT2D eigenvalue weighted by Gasteiger charge is 2.24. The normalized spacial score (nSPS) is 11.3. The second-order valence-corrected chi connectivity index (χ2v) is 7.01. The van der Waals surface area contributed by atoms with Crippen molar-refractivity contribution in [3.05, 3.63) is 20.5 Å². The number of carbonyl (C=O) groups excluding carboxylic acids is 1. The van der Waals surface area contributed by atoms with Crippen molar-refractivity contribution < 1.29 is 18.1 Å². The molecule has 0 saturated heterocycles. The van der Waals surface area contributed by atoms with Gasteiger partial charge in [-0.05, 0) is 0 Å². The van der Waals surface area contributed by atoms with Crippen molar-refractivity contribution in [3.63, 3.8) is 0 Å². The lowest BCUT2D eigenvalue weighted by Gasteiger charge is -2.04. The lowest BCUT2D eigenvalue weighted by Crippen LogP contribution is -2.33. The van der Waals surface area contributed by atoms with Gasteiger partial charge in [-0.25, -0.2) is 13.1 Å². The van der Waals surface area contributed by atoms with E-state index in [1.807, 2.05) is 0 Å². The van der Waals surface area contributed by atoms with Crippen molar-refractivity contribution in [3.8, 4) is 0 Å². The summed E-state index contributed by atoms with van der Waals surface area (Å²) in [6, 6.07) is 0.897. The Morgan fingerprint density at radius 2 is 2.16 bits per heavy atom. The largest absolute Gasteiger partial charge is 0.355 e. The van der Waals surface area contributed by atoms with Crippen LogP contribution in [-0.4, -0.2) is 32.3 Å².